The highest BCUT2D eigenvalue weighted by molar-refractivity contribution is 7.89. The van der Waals surface area contributed by atoms with E-state index >= 15 is 0 Å². The van der Waals surface area contributed by atoms with Gasteiger partial charge in [0.2, 0.25) is 0 Å². The quantitative estimate of drug-likeness (QED) is 0.613. The Labute approximate surface area is 131 Å². The van der Waals surface area contributed by atoms with Crippen molar-refractivity contribution in [3.05, 3.63) is 11.2 Å². The van der Waals surface area contributed by atoms with Crippen LogP contribution in [-0.4, -0.2) is 37.3 Å². The fraction of sp³-hybridized carbons (Fsp3) is 0.769. The molecule has 6 nitrogen and oxygen atoms in total. The summed E-state index contributed by atoms with van der Waals surface area (Å²) in [4.78, 5) is 0. The number of aromatic nitrogens is 2. The molecule has 21 heavy (non-hydrogen) atoms. The first-order chi connectivity index (χ1) is 10.0. The molecule has 1 fully saturated rings. The summed E-state index contributed by atoms with van der Waals surface area (Å²) in [7, 11) is -2.05. The smallest absolute Gasteiger partial charge is 0.259 e. The van der Waals surface area contributed by atoms with Gasteiger partial charge in [-0.1, -0.05) is 37.3 Å². The average molecular weight is 335 g/mol. The molecule has 0 saturated heterocycles. The molecule has 1 aromatic heterocycles. The molecular formula is C13H23ClN4O2S. The molecule has 1 aromatic rings. The van der Waals surface area contributed by atoms with Crippen molar-refractivity contribution >= 4 is 21.6 Å². The van der Waals surface area contributed by atoms with Crippen molar-refractivity contribution in [3.8, 4) is 0 Å². The predicted molar refractivity (Wildman–Crippen MR) is 82.9 cm³/mol. The summed E-state index contributed by atoms with van der Waals surface area (Å²) in [5.41, 5.74) is 0. The van der Waals surface area contributed by atoms with Crippen molar-refractivity contribution in [2.24, 2.45) is 7.05 Å². The van der Waals surface area contributed by atoms with Crippen LogP contribution in [0.25, 0.3) is 0 Å². The van der Waals surface area contributed by atoms with Crippen LogP contribution in [-0.2, 0) is 17.1 Å². The number of hydrogen-bond donors (Lipinski definition) is 2. The maximum atomic E-state index is 12.2. The van der Waals surface area contributed by atoms with Crippen LogP contribution in [0.2, 0.25) is 5.02 Å². The average Bonchev–Trinajstić information content (AvgIpc) is 2.66. The van der Waals surface area contributed by atoms with Crippen molar-refractivity contribution in [1.29, 1.82) is 0 Å². The van der Waals surface area contributed by atoms with Crippen molar-refractivity contribution in [2.75, 3.05) is 13.1 Å². The summed E-state index contributed by atoms with van der Waals surface area (Å²) in [6, 6.07) is 0.511. The highest BCUT2D eigenvalue weighted by Crippen LogP contribution is 2.19. The van der Waals surface area contributed by atoms with E-state index < -0.39 is 10.0 Å². The Morgan fingerprint density at radius 2 is 1.95 bits per heavy atom. The molecule has 0 unspecified atom stereocenters. The van der Waals surface area contributed by atoms with Gasteiger partial charge in [-0.2, -0.15) is 5.10 Å². The van der Waals surface area contributed by atoms with Gasteiger partial charge in [0.15, 0.2) is 5.03 Å². The molecule has 1 aliphatic rings. The standard InChI is InChI=1S/C13H23ClN4O2S/c1-18-13(12(14)10-16-18)21(19,20)17-9-8-15-11-6-4-2-3-5-7-11/h10-11,15,17H,2-9H2,1H3. The zero-order valence-electron chi connectivity index (χ0n) is 12.3. The fourth-order valence-corrected chi connectivity index (χ4v) is 4.40. The summed E-state index contributed by atoms with van der Waals surface area (Å²) >= 11 is 5.86. The van der Waals surface area contributed by atoms with Gasteiger partial charge in [-0.15, -0.1) is 0 Å². The summed E-state index contributed by atoms with van der Waals surface area (Å²) in [5, 5.41) is 7.42. The highest BCUT2D eigenvalue weighted by atomic mass is 35.5. The summed E-state index contributed by atoms with van der Waals surface area (Å²) in [6.45, 7) is 0.972. The van der Waals surface area contributed by atoms with Gasteiger partial charge in [0.05, 0.1) is 11.2 Å². The second-order valence-electron chi connectivity index (χ2n) is 5.46. The molecule has 1 heterocycles. The van der Waals surface area contributed by atoms with Gasteiger partial charge in [-0.3, -0.25) is 4.68 Å². The Morgan fingerprint density at radius 3 is 2.52 bits per heavy atom. The van der Waals surface area contributed by atoms with Gasteiger partial charge >= 0.3 is 0 Å². The zero-order valence-corrected chi connectivity index (χ0v) is 13.9. The van der Waals surface area contributed by atoms with Crippen molar-refractivity contribution in [1.82, 2.24) is 19.8 Å². The van der Waals surface area contributed by atoms with Gasteiger partial charge in [0.1, 0.15) is 0 Å². The van der Waals surface area contributed by atoms with Gasteiger partial charge < -0.3 is 5.32 Å². The lowest BCUT2D eigenvalue weighted by Gasteiger charge is -2.16. The molecule has 120 valence electrons. The minimum atomic E-state index is -3.61. The third-order valence-corrected chi connectivity index (χ3v) is 5.77. The third kappa shape index (κ3) is 4.67. The Morgan fingerprint density at radius 1 is 1.29 bits per heavy atom. The van der Waals surface area contributed by atoms with Crippen LogP contribution in [0.4, 0.5) is 0 Å². The van der Waals surface area contributed by atoms with Gasteiger partial charge in [-0.05, 0) is 12.8 Å². The van der Waals surface area contributed by atoms with Crippen LogP contribution in [0, 0.1) is 0 Å². The molecule has 2 N–H and O–H groups in total. The molecule has 0 atom stereocenters. The van der Waals surface area contributed by atoms with E-state index in [-0.39, 0.29) is 10.0 Å². The highest BCUT2D eigenvalue weighted by Gasteiger charge is 2.22. The van der Waals surface area contributed by atoms with Crippen LogP contribution in [0.1, 0.15) is 38.5 Å². The number of nitrogens with one attached hydrogen (secondary N) is 2. The van der Waals surface area contributed by atoms with Gasteiger partial charge in [-0.25, -0.2) is 13.1 Å². The normalized spacial score (nSPS) is 17.8. The monoisotopic (exact) mass is 334 g/mol. The van der Waals surface area contributed by atoms with E-state index in [1.807, 2.05) is 0 Å². The molecule has 1 aliphatic carbocycles. The minimum Gasteiger partial charge on any atom is -0.313 e. The first-order valence-corrected chi connectivity index (χ1v) is 9.27. The Bertz CT molecular complexity index is 531. The number of nitrogens with zero attached hydrogens (tertiary/aromatic N) is 2. The molecule has 0 aliphatic heterocycles. The van der Waals surface area contributed by atoms with E-state index in [9.17, 15) is 8.42 Å². The minimum absolute atomic E-state index is 0.0126. The molecule has 8 heteroatoms. The number of hydrogen-bond acceptors (Lipinski definition) is 4. The van der Waals surface area contributed by atoms with E-state index in [1.54, 1.807) is 7.05 Å². The largest absolute Gasteiger partial charge is 0.313 e. The van der Waals surface area contributed by atoms with Crippen molar-refractivity contribution in [3.63, 3.8) is 0 Å². The van der Waals surface area contributed by atoms with Crippen molar-refractivity contribution < 1.29 is 8.42 Å². The SMILES string of the molecule is Cn1ncc(Cl)c1S(=O)(=O)NCCNC1CCCCCC1. The van der Waals surface area contributed by atoms with Crippen LogP contribution < -0.4 is 10.0 Å². The number of aryl methyl sites for hydroxylation is 1. The first-order valence-electron chi connectivity index (χ1n) is 7.41. The lowest BCUT2D eigenvalue weighted by Crippen LogP contribution is -2.37. The van der Waals surface area contributed by atoms with E-state index in [0.29, 0.717) is 19.1 Å². The topological polar surface area (TPSA) is 76.0 Å². The summed E-state index contributed by atoms with van der Waals surface area (Å²) in [5.74, 6) is 0. The Balaban J connectivity index is 1.80. The Kier molecular flexibility index (Phi) is 6.04. The van der Waals surface area contributed by atoms with Crippen LogP contribution >= 0.6 is 11.6 Å². The van der Waals surface area contributed by atoms with Crippen molar-refractivity contribution in [2.45, 2.75) is 49.6 Å². The van der Waals surface area contributed by atoms with E-state index in [4.69, 9.17) is 11.6 Å². The molecule has 2 rings (SSSR count). The van der Waals surface area contributed by atoms with E-state index in [2.05, 4.69) is 15.1 Å². The van der Waals surface area contributed by atoms with Gasteiger partial charge in [0.25, 0.3) is 10.0 Å². The van der Waals surface area contributed by atoms with Crippen LogP contribution in [0.15, 0.2) is 11.2 Å². The lowest BCUT2D eigenvalue weighted by atomic mass is 10.1. The third-order valence-electron chi connectivity index (χ3n) is 3.80. The molecule has 0 bridgehead atoms. The van der Waals surface area contributed by atoms with E-state index in [1.165, 1.54) is 49.4 Å². The number of sulfonamides is 1. The predicted octanol–water partition coefficient (Wildman–Crippen LogP) is 1.66. The fourth-order valence-electron chi connectivity index (χ4n) is 2.72. The van der Waals surface area contributed by atoms with Gasteiger partial charge in [0, 0.05) is 26.2 Å². The van der Waals surface area contributed by atoms with E-state index in [0.717, 1.165) is 0 Å². The molecule has 0 radical (unpaired) electrons. The molecule has 0 amide bonds. The first kappa shape index (κ1) is 16.7. The number of rotatable bonds is 6. The second kappa shape index (κ2) is 7.58. The molecule has 0 spiro atoms. The zero-order chi connectivity index (χ0) is 15.3. The molecule has 0 aromatic carbocycles. The molecule has 1 saturated carbocycles. The maximum Gasteiger partial charge on any atom is 0.259 e. The summed E-state index contributed by atoms with van der Waals surface area (Å²) in [6.07, 6.45) is 8.83. The number of halogens is 1. The molecular weight excluding hydrogens is 312 g/mol. The maximum absolute atomic E-state index is 12.2. The Hall–Kier alpha value is -0.630. The summed E-state index contributed by atoms with van der Waals surface area (Å²) < 4.78 is 28.1. The van der Waals surface area contributed by atoms with Crippen LogP contribution in [0.5, 0.6) is 0 Å². The lowest BCUT2D eigenvalue weighted by molar-refractivity contribution is 0.461. The van der Waals surface area contributed by atoms with Crippen LogP contribution in [0.3, 0.4) is 0 Å². The second-order valence-corrected chi connectivity index (χ2v) is 7.55.